The average Bonchev–Trinajstić information content (AvgIpc) is 2.85. The number of hydrogen-bond acceptors (Lipinski definition) is 5. The molecule has 0 bridgehead atoms. The smallest absolute Gasteiger partial charge is 0.261 e. The fourth-order valence-corrected chi connectivity index (χ4v) is 3.25. The van der Waals surface area contributed by atoms with Gasteiger partial charge in [-0.15, -0.1) is 11.3 Å². The monoisotopic (exact) mass is 297 g/mol. The van der Waals surface area contributed by atoms with Crippen LogP contribution in [-0.4, -0.2) is 21.8 Å². The Morgan fingerprint density at radius 1 is 1.21 bits per heavy atom. The fourth-order valence-electron chi connectivity index (χ4n) is 1.46. The zero-order valence-electron chi connectivity index (χ0n) is 9.99. The van der Waals surface area contributed by atoms with E-state index < -0.39 is 10.0 Å². The van der Waals surface area contributed by atoms with Crippen LogP contribution in [0, 0.1) is 0 Å². The molecule has 1 N–H and O–H groups in total. The van der Waals surface area contributed by atoms with Crippen LogP contribution < -0.4 is 9.46 Å². The Balaban J connectivity index is 2.29. The number of ether oxygens (including phenoxy) is 1. The third-order valence-electron chi connectivity index (χ3n) is 2.42. The number of carbonyl (C=O) groups excluding carboxylic acids is 1. The van der Waals surface area contributed by atoms with Crippen molar-refractivity contribution in [3.63, 3.8) is 0 Å². The molecule has 0 saturated carbocycles. The molecular formula is C12H11NO4S2. The van der Waals surface area contributed by atoms with Gasteiger partial charge in [-0.25, -0.2) is 8.42 Å². The molecule has 0 aliphatic heterocycles. The highest BCUT2D eigenvalue weighted by molar-refractivity contribution is 7.92. The van der Waals surface area contributed by atoms with E-state index in [1.54, 1.807) is 23.6 Å². The van der Waals surface area contributed by atoms with Crippen molar-refractivity contribution < 1.29 is 17.9 Å². The second-order valence-electron chi connectivity index (χ2n) is 3.60. The van der Waals surface area contributed by atoms with Crippen molar-refractivity contribution >= 4 is 33.3 Å². The Morgan fingerprint density at radius 3 is 2.47 bits per heavy atom. The molecular weight excluding hydrogens is 286 g/mol. The first kappa shape index (κ1) is 13.6. The normalized spacial score (nSPS) is 11.0. The SMILES string of the molecule is COc1ccc(S(=O)(=O)Nc2ccsc2C=O)cc1. The first-order valence-corrected chi connectivity index (χ1v) is 7.62. The second kappa shape index (κ2) is 5.41. The van der Waals surface area contributed by atoms with E-state index in [1.165, 1.54) is 30.6 Å². The Labute approximate surface area is 114 Å². The molecule has 2 aromatic rings. The van der Waals surface area contributed by atoms with Gasteiger partial charge in [-0.2, -0.15) is 0 Å². The summed E-state index contributed by atoms with van der Waals surface area (Å²) in [4.78, 5) is 11.2. The number of hydrogen-bond donors (Lipinski definition) is 1. The van der Waals surface area contributed by atoms with Crippen LogP contribution >= 0.6 is 11.3 Å². The van der Waals surface area contributed by atoms with E-state index in [1.807, 2.05) is 0 Å². The largest absolute Gasteiger partial charge is 0.497 e. The van der Waals surface area contributed by atoms with Gasteiger partial charge in [-0.3, -0.25) is 9.52 Å². The van der Waals surface area contributed by atoms with Crippen LogP contribution in [0.5, 0.6) is 5.75 Å². The van der Waals surface area contributed by atoms with E-state index in [0.29, 0.717) is 16.9 Å². The average molecular weight is 297 g/mol. The molecule has 0 saturated heterocycles. The predicted molar refractivity (Wildman–Crippen MR) is 73.5 cm³/mol. The summed E-state index contributed by atoms with van der Waals surface area (Å²) in [5.41, 5.74) is 0.288. The zero-order chi connectivity index (χ0) is 13.9. The third-order valence-corrected chi connectivity index (χ3v) is 4.64. The van der Waals surface area contributed by atoms with E-state index >= 15 is 0 Å². The predicted octanol–water partition coefficient (Wildman–Crippen LogP) is 2.37. The van der Waals surface area contributed by atoms with E-state index in [9.17, 15) is 13.2 Å². The standard InChI is InChI=1S/C12H11NO4S2/c1-17-9-2-4-10(5-3-9)19(15,16)13-11-6-7-18-12(11)8-14/h2-8,13H,1H3. The van der Waals surface area contributed by atoms with Gasteiger partial charge in [0, 0.05) is 0 Å². The number of thiophene rings is 1. The van der Waals surface area contributed by atoms with Crippen LogP contribution in [0.3, 0.4) is 0 Å². The van der Waals surface area contributed by atoms with Crippen molar-refractivity contribution in [3.05, 3.63) is 40.6 Å². The lowest BCUT2D eigenvalue weighted by Crippen LogP contribution is -2.13. The topological polar surface area (TPSA) is 72.5 Å². The number of methoxy groups -OCH3 is 1. The number of nitrogens with one attached hydrogen (secondary N) is 1. The van der Waals surface area contributed by atoms with Gasteiger partial charge in [0.1, 0.15) is 5.75 Å². The van der Waals surface area contributed by atoms with Crippen LogP contribution in [0.15, 0.2) is 40.6 Å². The first-order chi connectivity index (χ1) is 9.06. The van der Waals surface area contributed by atoms with Crippen LogP contribution in [0.1, 0.15) is 9.67 Å². The number of aldehydes is 1. The molecule has 100 valence electrons. The quantitative estimate of drug-likeness (QED) is 0.860. The summed E-state index contributed by atoms with van der Waals surface area (Å²) in [6, 6.07) is 7.54. The molecule has 0 aliphatic rings. The molecule has 0 fully saturated rings. The van der Waals surface area contributed by atoms with Crippen molar-refractivity contribution in [2.24, 2.45) is 0 Å². The minimum Gasteiger partial charge on any atom is -0.497 e. The molecule has 19 heavy (non-hydrogen) atoms. The van der Waals surface area contributed by atoms with E-state index in [4.69, 9.17) is 4.74 Å². The van der Waals surface area contributed by atoms with E-state index in [0.717, 1.165) is 0 Å². The molecule has 0 radical (unpaired) electrons. The minimum atomic E-state index is -3.70. The number of sulfonamides is 1. The van der Waals surface area contributed by atoms with Crippen LogP contribution in [-0.2, 0) is 10.0 Å². The van der Waals surface area contributed by atoms with Crippen molar-refractivity contribution in [2.45, 2.75) is 4.90 Å². The highest BCUT2D eigenvalue weighted by atomic mass is 32.2. The van der Waals surface area contributed by atoms with Crippen LogP contribution in [0.2, 0.25) is 0 Å². The highest BCUT2D eigenvalue weighted by Crippen LogP contribution is 2.24. The summed E-state index contributed by atoms with van der Waals surface area (Å²) >= 11 is 1.18. The van der Waals surface area contributed by atoms with E-state index in [-0.39, 0.29) is 10.6 Å². The van der Waals surface area contributed by atoms with Crippen molar-refractivity contribution in [2.75, 3.05) is 11.8 Å². The Bertz CT molecular complexity index is 674. The Kier molecular flexibility index (Phi) is 3.87. The van der Waals surface area contributed by atoms with Gasteiger partial charge < -0.3 is 4.74 Å². The fraction of sp³-hybridized carbons (Fsp3) is 0.0833. The maximum atomic E-state index is 12.1. The van der Waals surface area contributed by atoms with Crippen molar-refractivity contribution in [1.82, 2.24) is 0 Å². The Morgan fingerprint density at radius 2 is 1.89 bits per heavy atom. The Hall–Kier alpha value is -1.86. The lowest BCUT2D eigenvalue weighted by atomic mass is 10.3. The summed E-state index contributed by atoms with van der Waals surface area (Å²) < 4.78 is 31.6. The molecule has 5 nitrogen and oxygen atoms in total. The molecule has 0 unspecified atom stereocenters. The van der Waals surface area contributed by atoms with Gasteiger partial charge in [0.25, 0.3) is 10.0 Å². The van der Waals surface area contributed by atoms with Crippen LogP contribution in [0.25, 0.3) is 0 Å². The summed E-state index contributed by atoms with van der Waals surface area (Å²) in [5.74, 6) is 0.572. The molecule has 7 heteroatoms. The highest BCUT2D eigenvalue weighted by Gasteiger charge is 2.16. The van der Waals surface area contributed by atoms with Gasteiger partial charge in [0.15, 0.2) is 6.29 Å². The summed E-state index contributed by atoms with van der Waals surface area (Å²) in [5, 5.41) is 1.65. The van der Waals surface area contributed by atoms with Gasteiger partial charge in [-0.1, -0.05) is 0 Å². The molecule has 0 amide bonds. The van der Waals surface area contributed by atoms with Gasteiger partial charge in [0.05, 0.1) is 22.6 Å². The summed E-state index contributed by atoms with van der Waals surface area (Å²) in [7, 11) is -2.20. The number of carbonyl (C=O) groups is 1. The van der Waals surface area contributed by atoms with E-state index in [2.05, 4.69) is 4.72 Å². The number of rotatable bonds is 5. The van der Waals surface area contributed by atoms with Crippen molar-refractivity contribution in [3.8, 4) is 5.75 Å². The number of benzene rings is 1. The first-order valence-electron chi connectivity index (χ1n) is 5.26. The molecule has 1 aromatic heterocycles. The second-order valence-corrected chi connectivity index (χ2v) is 6.23. The minimum absolute atomic E-state index is 0.108. The number of anilines is 1. The van der Waals surface area contributed by atoms with Gasteiger partial charge in [0.2, 0.25) is 0 Å². The molecule has 1 aromatic carbocycles. The molecule has 0 spiro atoms. The molecule has 2 rings (SSSR count). The maximum absolute atomic E-state index is 12.1. The van der Waals surface area contributed by atoms with Gasteiger partial charge >= 0.3 is 0 Å². The lowest BCUT2D eigenvalue weighted by Gasteiger charge is -2.07. The van der Waals surface area contributed by atoms with Gasteiger partial charge in [-0.05, 0) is 35.7 Å². The summed E-state index contributed by atoms with van der Waals surface area (Å²) in [6.07, 6.45) is 0.622. The summed E-state index contributed by atoms with van der Waals surface area (Å²) in [6.45, 7) is 0. The zero-order valence-corrected chi connectivity index (χ0v) is 11.6. The molecule has 0 atom stereocenters. The van der Waals surface area contributed by atoms with Crippen molar-refractivity contribution in [1.29, 1.82) is 0 Å². The molecule has 1 heterocycles. The maximum Gasteiger partial charge on any atom is 0.261 e. The third kappa shape index (κ3) is 2.94. The lowest BCUT2D eigenvalue weighted by molar-refractivity contribution is 0.112. The molecule has 0 aliphatic carbocycles. The van der Waals surface area contributed by atoms with Crippen LogP contribution in [0.4, 0.5) is 5.69 Å².